The highest BCUT2D eigenvalue weighted by Crippen LogP contribution is 2.41. The van der Waals surface area contributed by atoms with Crippen molar-refractivity contribution < 1.29 is 4.79 Å². The maximum Gasteiger partial charge on any atom is 0.251 e. The third-order valence-corrected chi connectivity index (χ3v) is 6.64. The summed E-state index contributed by atoms with van der Waals surface area (Å²) in [5, 5.41) is 4.15. The summed E-state index contributed by atoms with van der Waals surface area (Å²) >= 11 is 0. The van der Waals surface area contributed by atoms with Crippen molar-refractivity contribution in [3.63, 3.8) is 0 Å². The fraction of sp³-hybridized carbons (Fsp3) is 0.435. The number of rotatable bonds is 4. The average Bonchev–Trinajstić information content (AvgIpc) is 3.04. The summed E-state index contributed by atoms with van der Waals surface area (Å²) in [6, 6.07) is 9.69. The smallest absolute Gasteiger partial charge is 0.251 e. The van der Waals surface area contributed by atoms with Crippen LogP contribution in [0.2, 0.25) is 0 Å². The highest BCUT2D eigenvalue weighted by molar-refractivity contribution is 5.80. The van der Waals surface area contributed by atoms with E-state index in [9.17, 15) is 9.59 Å². The lowest BCUT2D eigenvalue weighted by molar-refractivity contribution is -0.119. The SMILES string of the molecule is CC(=O)NC[C@H]1[C@H]2C[C@H](CN(Cc3cn(C)c4ncccc34)C2)c2cccc(=O)n21. The van der Waals surface area contributed by atoms with Crippen LogP contribution in [-0.2, 0) is 18.4 Å². The fourth-order valence-electron chi connectivity index (χ4n) is 5.44. The molecule has 3 aromatic rings. The number of carbonyl (C=O) groups excluding carboxylic acids is 1. The Bertz CT molecular complexity index is 1160. The molecule has 7 nitrogen and oxygen atoms in total. The molecule has 0 aliphatic carbocycles. The molecule has 1 N–H and O–H groups in total. The van der Waals surface area contributed by atoms with Gasteiger partial charge in [0, 0.05) is 75.6 Å². The molecule has 2 aliphatic rings. The van der Waals surface area contributed by atoms with Gasteiger partial charge in [0.25, 0.3) is 5.56 Å². The Hall–Kier alpha value is -2.93. The van der Waals surface area contributed by atoms with Gasteiger partial charge in [-0.25, -0.2) is 4.98 Å². The average molecular weight is 406 g/mol. The van der Waals surface area contributed by atoms with E-state index >= 15 is 0 Å². The van der Waals surface area contributed by atoms with Crippen LogP contribution < -0.4 is 10.9 Å². The molecule has 7 heteroatoms. The lowest BCUT2D eigenvalue weighted by Crippen LogP contribution is -2.51. The molecule has 3 atom stereocenters. The van der Waals surface area contributed by atoms with Gasteiger partial charge in [-0.05, 0) is 36.1 Å². The van der Waals surface area contributed by atoms with Crippen LogP contribution in [0.3, 0.4) is 0 Å². The van der Waals surface area contributed by atoms with Crippen molar-refractivity contribution in [2.45, 2.75) is 31.8 Å². The highest BCUT2D eigenvalue weighted by atomic mass is 16.1. The first-order valence-corrected chi connectivity index (χ1v) is 10.6. The first-order chi connectivity index (χ1) is 14.5. The first-order valence-electron chi connectivity index (χ1n) is 10.6. The Morgan fingerprint density at radius 1 is 1.23 bits per heavy atom. The number of aromatic nitrogens is 3. The molecule has 30 heavy (non-hydrogen) atoms. The quantitative estimate of drug-likeness (QED) is 0.721. The number of nitrogens with zero attached hydrogens (tertiary/aromatic N) is 4. The lowest BCUT2D eigenvalue weighted by atomic mass is 9.78. The Morgan fingerprint density at radius 3 is 2.93 bits per heavy atom. The molecule has 156 valence electrons. The number of nitrogens with one attached hydrogen (secondary N) is 1. The summed E-state index contributed by atoms with van der Waals surface area (Å²) in [5.74, 6) is 0.606. The first kappa shape index (κ1) is 19.1. The molecular formula is C23H27N5O2. The number of fused-ring (bicyclic) bond motifs is 5. The van der Waals surface area contributed by atoms with Gasteiger partial charge in [0.05, 0.1) is 6.04 Å². The molecule has 1 amide bonds. The van der Waals surface area contributed by atoms with Gasteiger partial charge < -0.3 is 14.5 Å². The molecule has 0 aromatic carbocycles. The van der Waals surface area contributed by atoms with E-state index in [2.05, 4.69) is 38.1 Å². The molecule has 0 unspecified atom stereocenters. The van der Waals surface area contributed by atoms with Crippen molar-refractivity contribution in [3.05, 3.63) is 64.3 Å². The summed E-state index contributed by atoms with van der Waals surface area (Å²) in [6.45, 7) is 4.74. The molecule has 0 radical (unpaired) electrons. The summed E-state index contributed by atoms with van der Waals surface area (Å²) in [7, 11) is 2.04. The van der Waals surface area contributed by atoms with Crippen molar-refractivity contribution in [1.29, 1.82) is 0 Å². The minimum atomic E-state index is -0.0569. The van der Waals surface area contributed by atoms with Gasteiger partial charge in [0.1, 0.15) is 5.65 Å². The summed E-state index contributed by atoms with van der Waals surface area (Å²) in [5.41, 5.74) is 3.42. The largest absolute Gasteiger partial charge is 0.354 e. The molecule has 3 aromatic heterocycles. The second-order valence-electron chi connectivity index (χ2n) is 8.69. The Kier molecular flexibility index (Phi) is 4.70. The molecule has 0 spiro atoms. The van der Waals surface area contributed by atoms with E-state index in [-0.39, 0.29) is 17.5 Å². The third-order valence-electron chi connectivity index (χ3n) is 6.64. The van der Waals surface area contributed by atoms with Crippen LogP contribution in [0.15, 0.2) is 47.5 Å². The minimum absolute atomic E-state index is 0.00849. The number of carbonyl (C=O) groups is 1. The van der Waals surface area contributed by atoms with Crippen LogP contribution in [0, 0.1) is 5.92 Å². The van der Waals surface area contributed by atoms with Crippen molar-refractivity contribution in [2.24, 2.45) is 13.0 Å². The molecule has 2 aliphatic heterocycles. The molecule has 1 saturated heterocycles. The van der Waals surface area contributed by atoms with Crippen LogP contribution in [0.1, 0.15) is 36.6 Å². The van der Waals surface area contributed by atoms with E-state index in [1.54, 1.807) is 6.07 Å². The number of hydrogen-bond acceptors (Lipinski definition) is 4. The van der Waals surface area contributed by atoms with E-state index in [1.807, 2.05) is 29.9 Å². The van der Waals surface area contributed by atoms with E-state index < -0.39 is 0 Å². The van der Waals surface area contributed by atoms with Gasteiger partial charge in [-0.15, -0.1) is 0 Å². The highest BCUT2D eigenvalue weighted by Gasteiger charge is 2.40. The maximum absolute atomic E-state index is 12.7. The predicted molar refractivity (Wildman–Crippen MR) is 115 cm³/mol. The van der Waals surface area contributed by atoms with Gasteiger partial charge in [-0.2, -0.15) is 0 Å². The second-order valence-corrected chi connectivity index (χ2v) is 8.69. The summed E-state index contributed by atoms with van der Waals surface area (Å²) in [6.07, 6.45) is 5.06. The Morgan fingerprint density at radius 2 is 2.10 bits per heavy atom. The summed E-state index contributed by atoms with van der Waals surface area (Å²) in [4.78, 5) is 31.3. The van der Waals surface area contributed by atoms with Crippen molar-refractivity contribution in [1.82, 2.24) is 24.3 Å². The molecule has 5 rings (SSSR count). The van der Waals surface area contributed by atoms with E-state index in [1.165, 1.54) is 17.9 Å². The topological polar surface area (TPSA) is 72.2 Å². The van der Waals surface area contributed by atoms with Crippen molar-refractivity contribution >= 4 is 16.9 Å². The van der Waals surface area contributed by atoms with Crippen LogP contribution >= 0.6 is 0 Å². The van der Waals surface area contributed by atoms with Crippen LogP contribution in [0.4, 0.5) is 0 Å². The monoisotopic (exact) mass is 405 g/mol. The number of amides is 1. The van der Waals surface area contributed by atoms with E-state index in [4.69, 9.17) is 0 Å². The normalized spacial score (nSPS) is 23.3. The van der Waals surface area contributed by atoms with Crippen molar-refractivity contribution in [2.75, 3.05) is 19.6 Å². The van der Waals surface area contributed by atoms with Crippen LogP contribution in [0.5, 0.6) is 0 Å². The van der Waals surface area contributed by atoms with Gasteiger partial charge in [-0.1, -0.05) is 6.07 Å². The van der Waals surface area contributed by atoms with Gasteiger partial charge >= 0.3 is 0 Å². The van der Waals surface area contributed by atoms with Crippen LogP contribution in [-0.4, -0.2) is 44.6 Å². The fourth-order valence-corrected chi connectivity index (χ4v) is 5.44. The molecule has 0 saturated carbocycles. The number of hydrogen-bond donors (Lipinski definition) is 1. The van der Waals surface area contributed by atoms with E-state index in [0.29, 0.717) is 18.4 Å². The van der Waals surface area contributed by atoms with Gasteiger partial charge in [-0.3, -0.25) is 14.5 Å². The number of piperidine rings is 1. The van der Waals surface area contributed by atoms with Crippen LogP contribution in [0.25, 0.3) is 11.0 Å². The molecule has 5 heterocycles. The zero-order valence-corrected chi connectivity index (χ0v) is 17.4. The zero-order chi connectivity index (χ0) is 20.8. The number of aryl methyl sites for hydroxylation is 1. The molecule has 1 fully saturated rings. The third kappa shape index (κ3) is 3.23. The Labute approximate surface area is 175 Å². The second kappa shape index (κ2) is 7.40. The predicted octanol–water partition coefficient (Wildman–Crippen LogP) is 2.03. The lowest BCUT2D eigenvalue weighted by Gasteiger charge is -2.47. The zero-order valence-electron chi connectivity index (χ0n) is 17.4. The number of pyridine rings is 2. The standard InChI is InChI=1S/C23H27N5O2/c1-15(29)25-10-21-17-9-16(20-6-3-7-22(30)28(20)21)12-27(13-17)14-18-11-26(2)23-19(18)5-4-8-24-23/h3-8,11,16-17,21H,9-10,12-14H2,1-2H3,(H,25,29)/t16-,17+,21+/m1/s1. The van der Waals surface area contributed by atoms with Crippen molar-refractivity contribution in [3.8, 4) is 0 Å². The molecule has 2 bridgehead atoms. The van der Waals surface area contributed by atoms with Gasteiger partial charge in [0.2, 0.25) is 5.91 Å². The van der Waals surface area contributed by atoms with Gasteiger partial charge in [0.15, 0.2) is 0 Å². The molecular weight excluding hydrogens is 378 g/mol. The van der Waals surface area contributed by atoms with E-state index in [0.717, 1.165) is 37.4 Å². The number of likely N-dealkylation sites (tertiary alicyclic amines) is 1. The minimum Gasteiger partial charge on any atom is -0.354 e. The maximum atomic E-state index is 12.7. The summed E-state index contributed by atoms with van der Waals surface area (Å²) < 4.78 is 4.03. The Balaban J connectivity index is 1.46.